The van der Waals surface area contributed by atoms with Crippen LogP contribution in [0.2, 0.25) is 5.02 Å². The number of nitrogens with one attached hydrogen (secondary N) is 1. The summed E-state index contributed by atoms with van der Waals surface area (Å²) < 4.78 is 7.63. The van der Waals surface area contributed by atoms with Gasteiger partial charge in [-0.3, -0.25) is 9.67 Å². The molecule has 0 unspecified atom stereocenters. The summed E-state index contributed by atoms with van der Waals surface area (Å²) in [5, 5.41) is 8.28. The van der Waals surface area contributed by atoms with E-state index in [1.165, 1.54) is 0 Å². The number of nitrogens with zero attached hydrogens (tertiary/aromatic N) is 3. The molecule has 0 aromatic carbocycles. The van der Waals surface area contributed by atoms with Gasteiger partial charge in [0, 0.05) is 13.1 Å². The molecule has 0 spiro atoms. The third-order valence-electron chi connectivity index (χ3n) is 3.18. The molecule has 0 aliphatic carbocycles. The standard InChI is InChI=1S/C15H21ClN4O/c1-4-17-8-12-6-7-13(9-18-12)21-10-14-15(16)11(3)19-20(14)5-2/h6-7,9,17H,4-5,8,10H2,1-3H3. The molecule has 0 saturated heterocycles. The van der Waals surface area contributed by atoms with E-state index in [1.807, 2.05) is 30.7 Å². The Balaban J connectivity index is 2.00. The molecule has 0 atom stereocenters. The highest BCUT2D eigenvalue weighted by Crippen LogP contribution is 2.22. The van der Waals surface area contributed by atoms with Gasteiger partial charge in [-0.2, -0.15) is 5.10 Å². The smallest absolute Gasteiger partial charge is 0.138 e. The Kier molecular flexibility index (Phi) is 5.59. The van der Waals surface area contributed by atoms with Crippen LogP contribution < -0.4 is 10.1 Å². The number of halogens is 1. The quantitative estimate of drug-likeness (QED) is 0.854. The van der Waals surface area contributed by atoms with Gasteiger partial charge >= 0.3 is 0 Å². The van der Waals surface area contributed by atoms with Crippen molar-refractivity contribution in [2.24, 2.45) is 0 Å². The van der Waals surface area contributed by atoms with Crippen LogP contribution in [0.4, 0.5) is 0 Å². The summed E-state index contributed by atoms with van der Waals surface area (Å²) in [4.78, 5) is 4.36. The van der Waals surface area contributed by atoms with Crippen molar-refractivity contribution in [3.05, 3.63) is 40.4 Å². The average Bonchev–Trinajstić information content (AvgIpc) is 2.79. The summed E-state index contributed by atoms with van der Waals surface area (Å²) in [7, 11) is 0. The lowest BCUT2D eigenvalue weighted by molar-refractivity contribution is 0.291. The Morgan fingerprint density at radius 1 is 1.33 bits per heavy atom. The molecule has 0 saturated carbocycles. The number of hydrogen-bond donors (Lipinski definition) is 1. The molecule has 1 N–H and O–H groups in total. The monoisotopic (exact) mass is 308 g/mol. The Bertz CT molecular complexity index is 580. The second-order valence-electron chi connectivity index (χ2n) is 4.72. The van der Waals surface area contributed by atoms with E-state index >= 15 is 0 Å². The fourth-order valence-electron chi connectivity index (χ4n) is 2.01. The van der Waals surface area contributed by atoms with Crippen molar-refractivity contribution in [2.75, 3.05) is 6.54 Å². The number of hydrogen-bond acceptors (Lipinski definition) is 4. The molecule has 0 fully saturated rings. The minimum atomic E-state index is 0.391. The molecular formula is C15H21ClN4O. The predicted octanol–water partition coefficient (Wildman–Crippen LogP) is 2.95. The maximum absolute atomic E-state index is 6.25. The zero-order chi connectivity index (χ0) is 15.2. The van der Waals surface area contributed by atoms with Gasteiger partial charge in [0.25, 0.3) is 0 Å². The fraction of sp³-hybridized carbons (Fsp3) is 0.467. The number of pyridine rings is 1. The molecule has 0 bridgehead atoms. The molecule has 21 heavy (non-hydrogen) atoms. The summed E-state index contributed by atoms with van der Waals surface area (Å²) in [6, 6.07) is 3.88. The first-order valence-corrected chi connectivity index (χ1v) is 7.53. The maximum Gasteiger partial charge on any atom is 0.138 e. The van der Waals surface area contributed by atoms with Gasteiger partial charge in [0.15, 0.2) is 0 Å². The van der Waals surface area contributed by atoms with Gasteiger partial charge in [0.2, 0.25) is 0 Å². The van der Waals surface area contributed by atoms with Crippen molar-refractivity contribution in [1.82, 2.24) is 20.1 Å². The second kappa shape index (κ2) is 7.43. The van der Waals surface area contributed by atoms with E-state index < -0.39 is 0 Å². The Labute approximate surface area is 130 Å². The molecule has 2 aromatic rings. The zero-order valence-corrected chi connectivity index (χ0v) is 13.4. The largest absolute Gasteiger partial charge is 0.486 e. The van der Waals surface area contributed by atoms with Crippen LogP contribution in [0.25, 0.3) is 0 Å². The third-order valence-corrected chi connectivity index (χ3v) is 3.67. The molecule has 0 aliphatic rings. The van der Waals surface area contributed by atoms with Gasteiger partial charge in [-0.1, -0.05) is 18.5 Å². The molecular weight excluding hydrogens is 288 g/mol. The van der Waals surface area contributed by atoms with E-state index in [4.69, 9.17) is 16.3 Å². The molecule has 2 heterocycles. The van der Waals surface area contributed by atoms with E-state index in [1.54, 1.807) is 6.20 Å². The van der Waals surface area contributed by atoms with Crippen LogP contribution in [0.5, 0.6) is 5.75 Å². The van der Waals surface area contributed by atoms with E-state index in [0.717, 1.165) is 42.5 Å². The van der Waals surface area contributed by atoms with Crippen molar-refractivity contribution in [3.8, 4) is 5.75 Å². The highest BCUT2D eigenvalue weighted by Gasteiger charge is 2.13. The number of rotatable bonds is 7. The number of ether oxygens (including phenoxy) is 1. The summed E-state index contributed by atoms with van der Waals surface area (Å²) in [6.45, 7) is 8.86. The van der Waals surface area contributed by atoms with Crippen LogP contribution in [0.1, 0.15) is 30.9 Å². The zero-order valence-electron chi connectivity index (χ0n) is 12.7. The number of aromatic nitrogens is 3. The van der Waals surface area contributed by atoms with E-state index in [2.05, 4.69) is 22.3 Å². The van der Waals surface area contributed by atoms with Crippen molar-refractivity contribution in [1.29, 1.82) is 0 Å². The molecule has 0 radical (unpaired) electrons. The molecule has 2 rings (SSSR count). The summed E-state index contributed by atoms with van der Waals surface area (Å²) in [6.07, 6.45) is 1.74. The SMILES string of the molecule is CCNCc1ccc(OCc2c(Cl)c(C)nn2CC)cn1. The second-order valence-corrected chi connectivity index (χ2v) is 5.09. The highest BCUT2D eigenvalue weighted by atomic mass is 35.5. The first kappa shape index (κ1) is 15.8. The lowest BCUT2D eigenvalue weighted by Gasteiger charge is -2.09. The summed E-state index contributed by atoms with van der Waals surface area (Å²) in [5.74, 6) is 0.729. The van der Waals surface area contributed by atoms with Crippen molar-refractivity contribution >= 4 is 11.6 Å². The Morgan fingerprint density at radius 2 is 2.14 bits per heavy atom. The third kappa shape index (κ3) is 3.95. The van der Waals surface area contributed by atoms with Gasteiger partial charge in [-0.15, -0.1) is 0 Å². The minimum absolute atomic E-state index is 0.391. The predicted molar refractivity (Wildman–Crippen MR) is 83.6 cm³/mol. The number of aryl methyl sites for hydroxylation is 2. The first-order chi connectivity index (χ1) is 10.2. The lowest BCUT2D eigenvalue weighted by atomic mass is 10.3. The first-order valence-electron chi connectivity index (χ1n) is 7.15. The molecule has 6 heteroatoms. The van der Waals surface area contributed by atoms with Crippen molar-refractivity contribution in [3.63, 3.8) is 0 Å². The fourth-order valence-corrected chi connectivity index (χ4v) is 2.20. The van der Waals surface area contributed by atoms with Crippen LogP contribution in [0.3, 0.4) is 0 Å². The molecule has 5 nitrogen and oxygen atoms in total. The average molecular weight is 309 g/mol. The van der Waals surface area contributed by atoms with Gasteiger partial charge in [0.1, 0.15) is 12.4 Å². The van der Waals surface area contributed by atoms with Crippen LogP contribution in [-0.2, 0) is 19.7 Å². The summed E-state index contributed by atoms with van der Waals surface area (Å²) >= 11 is 6.25. The normalized spacial score (nSPS) is 10.9. The molecule has 114 valence electrons. The summed E-state index contributed by atoms with van der Waals surface area (Å²) in [5.41, 5.74) is 2.72. The van der Waals surface area contributed by atoms with Crippen LogP contribution in [-0.4, -0.2) is 21.3 Å². The van der Waals surface area contributed by atoms with Crippen LogP contribution in [0, 0.1) is 6.92 Å². The van der Waals surface area contributed by atoms with Crippen LogP contribution in [0.15, 0.2) is 18.3 Å². The Hall–Kier alpha value is -1.59. The molecule has 0 amide bonds. The minimum Gasteiger partial charge on any atom is -0.486 e. The van der Waals surface area contributed by atoms with Gasteiger partial charge in [-0.25, -0.2) is 0 Å². The van der Waals surface area contributed by atoms with Crippen LogP contribution >= 0.6 is 11.6 Å². The van der Waals surface area contributed by atoms with E-state index in [0.29, 0.717) is 11.6 Å². The van der Waals surface area contributed by atoms with Crippen molar-refractivity contribution in [2.45, 2.75) is 40.5 Å². The van der Waals surface area contributed by atoms with E-state index in [-0.39, 0.29) is 0 Å². The van der Waals surface area contributed by atoms with Gasteiger partial charge in [0.05, 0.1) is 28.3 Å². The molecule has 0 aliphatic heterocycles. The van der Waals surface area contributed by atoms with Gasteiger partial charge in [-0.05, 0) is 32.5 Å². The Morgan fingerprint density at radius 3 is 2.76 bits per heavy atom. The highest BCUT2D eigenvalue weighted by molar-refractivity contribution is 6.31. The van der Waals surface area contributed by atoms with Crippen molar-refractivity contribution < 1.29 is 4.74 Å². The topological polar surface area (TPSA) is 52.0 Å². The van der Waals surface area contributed by atoms with E-state index in [9.17, 15) is 0 Å². The maximum atomic E-state index is 6.25. The van der Waals surface area contributed by atoms with Gasteiger partial charge < -0.3 is 10.1 Å². The lowest BCUT2D eigenvalue weighted by Crippen LogP contribution is -2.12. The molecule has 2 aromatic heterocycles.